The van der Waals surface area contributed by atoms with E-state index in [-0.39, 0.29) is 24.1 Å². The van der Waals surface area contributed by atoms with E-state index in [0.29, 0.717) is 11.4 Å². The van der Waals surface area contributed by atoms with Crippen LogP contribution in [0.5, 0.6) is 5.88 Å². The number of nitrogens with one attached hydrogen (secondary N) is 1. The van der Waals surface area contributed by atoms with Gasteiger partial charge in [0.1, 0.15) is 11.7 Å². The first-order valence-corrected chi connectivity index (χ1v) is 9.63. The zero-order valence-electron chi connectivity index (χ0n) is 13.4. The molecule has 6 heteroatoms. The molecule has 3 N–H and O–H groups in total. The monoisotopic (exact) mass is 335 g/mol. The number of nitrogens with two attached hydrogens (primary N) is 1. The van der Waals surface area contributed by atoms with E-state index in [2.05, 4.69) is 10.3 Å². The Morgan fingerprint density at radius 3 is 2.70 bits per heavy atom. The zero-order valence-corrected chi connectivity index (χ0v) is 14.2. The van der Waals surface area contributed by atoms with Gasteiger partial charge in [-0.15, -0.1) is 0 Å². The first kappa shape index (κ1) is 16.6. The summed E-state index contributed by atoms with van der Waals surface area (Å²) in [4.78, 5) is 16.9. The molecule has 0 atom stereocenters. The highest BCUT2D eigenvalue weighted by atomic mass is 32.2. The highest BCUT2D eigenvalue weighted by molar-refractivity contribution is 7.99. The molecule has 0 bridgehead atoms. The molecule has 0 aromatic carbocycles. The molecule has 23 heavy (non-hydrogen) atoms. The molecule has 1 aromatic rings. The molecule has 1 saturated carbocycles. The fourth-order valence-electron chi connectivity index (χ4n) is 3.14. The van der Waals surface area contributed by atoms with Crippen molar-refractivity contribution in [3.05, 3.63) is 23.9 Å². The number of hydrogen-bond donors (Lipinski definition) is 2. The van der Waals surface area contributed by atoms with E-state index in [1.807, 2.05) is 11.8 Å². The number of ether oxygens (including phenoxy) is 1. The van der Waals surface area contributed by atoms with Crippen molar-refractivity contribution < 1.29 is 9.53 Å². The summed E-state index contributed by atoms with van der Waals surface area (Å²) in [7, 11) is 0. The average molecular weight is 335 g/mol. The highest BCUT2D eigenvalue weighted by Gasteiger charge is 2.24. The van der Waals surface area contributed by atoms with Crippen LogP contribution in [0.3, 0.4) is 0 Å². The Bertz CT molecular complexity index is 526. The van der Waals surface area contributed by atoms with Gasteiger partial charge in [-0.25, -0.2) is 4.98 Å². The average Bonchev–Trinajstić information content (AvgIpc) is 2.58. The molecule has 5 nitrogen and oxygen atoms in total. The molecule has 1 aliphatic heterocycles. The van der Waals surface area contributed by atoms with Gasteiger partial charge in [0, 0.05) is 18.3 Å². The summed E-state index contributed by atoms with van der Waals surface area (Å²) in [6.07, 6.45) is 7.73. The second-order valence-corrected chi connectivity index (χ2v) is 7.60. The molecule has 0 unspecified atom stereocenters. The SMILES string of the molecule is N[C@H]1CC[C@@H](NC(=O)c2cccnc2OC2CCSCC2)CC1. The molecule has 126 valence electrons. The van der Waals surface area contributed by atoms with Gasteiger partial charge in [0.2, 0.25) is 5.88 Å². The lowest BCUT2D eigenvalue weighted by molar-refractivity contribution is 0.0915. The first-order valence-electron chi connectivity index (χ1n) is 8.48. The zero-order chi connectivity index (χ0) is 16.1. The third kappa shape index (κ3) is 4.61. The molecule has 2 aliphatic rings. The van der Waals surface area contributed by atoms with Crippen molar-refractivity contribution in [1.82, 2.24) is 10.3 Å². The van der Waals surface area contributed by atoms with Crippen molar-refractivity contribution in [2.75, 3.05) is 11.5 Å². The molecule has 0 radical (unpaired) electrons. The van der Waals surface area contributed by atoms with Gasteiger partial charge in [-0.05, 0) is 62.2 Å². The molecule has 3 rings (SSSR count). The van der Waals surface area contributed by atoms with E-state index in [4.69, 9.17) is 10.5 Å². The Kier molecular flexibility index (Phi) is 5.78. The number of hydrogen-bond acceptors (Lipinski definition) is 5. The van der Waals surface area contributed by atoms with Crippen molar-refractivity contribution >= 4 is 17.7 Å². The Labute approximate surface area is 141 Å². The Morgan fingerprint density at radius 1 is 1.22 bits per heavy atom. The summed E-state index contributed by atoms with van der Waals surface area (Å²) in [6, 6.07) is 4.07. The van der Waals surface area contributed by atoms with Gasteiger partial charge in [0.15, 0.2) is 0 Å². The number of pyridine rings is 1. The fraction of sp³-hybridized carbons (Fsp3) is 0.647. The maximum Gasteiger partial charge on any atom is 0.256 e. The van der Waals surface area contributed by atoms with Gasteiger partial charge in [0.25, 0.3) is 5.91 Å². The van der Waals surface area contributed by atoms with Crippen LogP contribution in [0, 0.1) is 0 Å². The van der Waals surface area contributed by atoms with Crippen LogP contribution in [0.4, 0.5) is 0 Å². The summed E-state index contributed by atoms with van der Waals surface area (Å²) >= 11 is 1.95. The Hall–Kier alpha value is -1.27. The van der Waals surface area contributed by atoms with Crippen LogP contribution < -0.4 is 15.8 Å². The molecule has 1 saturated heterocycles. The second-order valence-electron chi connectivity index (χ2n) is 6.37. The predicted octanol–water partition coefficient (Wildman–Crippen LogP) is 2.36. The molecule has 2 fully saturated rings. The molecular formula is C17H25N3O2S. The number of amides is 1. The smallest absolute Gasteiger partial charge is 0.256 e. The Morgan fingerprint density at radius 2 is 1.96 bits per heavy atom. The van der Waals surface area contributed by atoms with Gasteiger partial charge in [0.05, 0.1) is 0 Å². The number of thioether (sulfide) groups is 1. The van der Waals surface area contributed by atoms with Gasteiger partial charge < -0.3 is 15.8 Å². The van der Waals surface area contributed by atoms with E-state index in [1.54, 1.807) is 18.3 Å². The van der Waals surface area contributed by atoms with E-state index in [9.17, 15) is 4.79 Å². The van der Waals surface area contributed by atoms with Gasteiger partial charge in [-0.2, -0.15) is 11.8 Å². The summed E-state index contributed by atoms with van der Waals surface area (Å²) in [5.74, 6) is 2.61. The van der Waals surface area contributed by atoms with Crippen LogP contribution in [0.2, 0.25) is 0 Å². The van der Waals surface area contributed by atoms with Crippen LogP contribution in [0.1, 0.15) is 48.9 Å². The molecule has 1 aliphatic carbocycles. The number of aromatic nitrogens is 1. The summed E-state index contributed by atoms with van der Waals surface area (Å²) in [6.45, 7) is 0. The third-order valence-corrected chi connectivity index (χ3v) is 5.62. The summed E-state index contributed by atoms with van der Waals surface area (Å²) in [5.41, 5.74) is 6.46. The van der Waals surface area contributed by atoms with Crippen LogP contribution in [0.15, 0.2) is 18.3 Å². The molecule has 0 spiro atoms. The number of rotatable bonds is 4. The van der Waals surface area contributed by atoms with Crippen molar-refractivity contribution in [3.63, 3.8) is 0 Å². The molecule has 2 heterocycles. The van der Waals surface area contributed by atoms with Crippen LogP contribution in [-0.2, 0) is 0 Å². The summed E-state index contributed by atoms with van der Waals surface area (Å²) in [5, 5.41) is 3.11. The third-order valence-electron chi connectivity index (χ3n) is 4.57. The lowest BCUT2D eigenvalue weighted by Crippen LogP contribution is -2.40. The lowest BCUT2D eigenvalue weighted by Gasteiger charge is -2.27. The second kappa shape index (κ2) is 8.02. The van der Waals surface area contributed by atoms with Crippen molar-refractivity contribution in [1.29, 1.82) is 0 Å². The van der Waals surface area contributed by atoms with Crippen molar-refractivity contribution in [2.24, 2.45) is 5.73 Å². The minimum absolute atomic E-state index is 0.0845. The van der Waals surface area contributed by atoms with Gasteiger partial charge in [-0.1, -0.05) is 0 Å². The first-order chi connectivity index (χ1) is 11.2. The largest absolute Gasteiger partial charge is 0.474 e. The molecular weight excluding hydrogens is 310 g/mol. The summed E-state index contributed by atoms with van der Waals surface area (Å²) < 4.78 is 6.01. The fourth-order valence-corrected chi connectivity index (χ4v) is 4.20. The quantitative estimate of drug-likeness (QED) is 0.883. The maximum atomic E-state index is 12.6. The molecule has 1 amide bonds. The number of carbonyl (C=O) groups excluding carboxylic acids is 1. The topological polar surface area (TPSA) is 77.2 Å². The van der Waals surface area contributed by atoms with E-state index >= 15 is 0 Å². The normalized spacial score (nSPS) is 25.8. The van der Waals surface area contributed by atoms with Crippen molar-refractivity contribution in [3.8, 4) is 5.88 Å². The van der Waals surface area contributed by atoms with Gasteiger partial charge >= 0.3 is 0 Å². The Balaban J connectivity index is 1.63. The minimum Gasteiger partial charge on any atom is -0.474 e. The number of nitrogens with zero attached hydrogens (tertiary/aromatic N) is 1. The van der Waals surface area contributed by atoms with Crippen molar-refractivity contribution in [2.45, 2.75) is 56.7 Å². The van der Waals surface area contributed by atoms with Crippen LogP contribution in [0.25, 0.3) is 0 Å². The van der Waals surface area contributed by atoms with Gasteiger partial charge in [-0.3, -0.25) is 4.79 Å². The lowest BCUT2D eigenvalue weighted by atomic mass is 9.91. The standard InChI is InChI=1S/C17H25N3O2S/c18-12-3-5-13(6-4-12)20-16(21)15-2-1-9-19-17(15)22-14-7-10-23-11-8-14/h1-2,9,12-14H,3-8,10-11,18H2,(H,20,21)/t12-,13+. The highest BCUT2D eigenvalue weighted by Crippen LogP contribution is 2.24. The minimum atomic E-state index is -0.0845. The predicted molar refractivity (Wildman–Crippen MR) is 92.9 cm³/mol. The number of carbonyl (C=O) groups is 1. The van der Waals surface area contributed by atoms with E-state index in [0.717, 1.165) is 50.0 Å². The molecule has 1 aromatic heterocycles. The van der Waals surface area contributed by atoms with Crippen LogP contribution in [-0.4, -0.2) is 40.6 Å². The van der Waals surface area contributed by atoms with E-state index < -0.39 is 0 Å². The maximum absolute atomic E-state index is 12.6. The van der Waals surface area contributed by atoms with Crippen LogP contribution >= 0.6 is 11.8 Å². The van der Waals surface area contributed by atoms with E-state index in [1.165, 1.54) is 0 Å².